The van der Waals surface area contributed by atoms with Gasteiger partial charge in [-0.3, -0.25) is 5.84 Å². The normalized spacial score (nSPS) is 12.7. The van der Waals surface area contributed by atoms with Gasteiger partial charge in [-0.1, -0.05) is 10.6 Å². The molecule has 1 heterocycles. The van der Waals surface area contributed by atoms with Crippen molar-refractivity contribution in [2.45, 2.75) is 13.0 Å². The van der Waals surface area contributed by atoms with Crippen LogP contribution in [0.5, 0.6) is 0 Å². The molecular formula is C10H11FN4S. The SMILES string of the molecule is Cc1ccc(F)cc1C(NN)c1csnn1. The Morgan fingerprint density at radius 3 is 2.94 bits per heavy atom. The second kappa shape index (κ2) is 4.65. The topological polar surface area (TPSA) is 63.8 Å². The fraction of sp³-hybridized carbons (Fsp3) is 0.200. The lowest BCUT2D eigenvalue weighted by molar-refractivity contribution is 0.594. The molecule has 0 amide bonds. The highest BCUT2D eigenvalue weighted by atomic mass is 32.1. The number of nitrogens with one attached hydrogen (secondary N) is 1. The third-order valence-corrected chi connectivity index (χ3v) is 2.91. The minimum absolute atomic E-state index is 0.288. The van der Waals surface area contributed by atoms with Gasteiger partial charge in [0, 0.05) is 5.38 Å². The molecule has 0 aliphatic heterocycles. The van der Waals surface area contributed by atoms with Gasteiger partial charge in [-0.2, -0.15) is 0 Å². The first-order chi connectivity index (χ1) is 7.72. The first-order valence-corrected chi connectivity index (χ1v) is 5.55. The summed E-state index contributed by atoms with van der Waals surface area (Å²) in [6.07, 6.45) is 0. The molecule has 0 aliphatic rings. The van der Waals surface area contributed by atoms with Gasteiger partial charge in [0.2, 0.25) is 0 Å². The molecule has 1 aromatic carbocycles. The first kappa shape index (κ1) is 11.1. The summed E-state index contributed by atoms with van der Waals surface area (Å²) in [6, 6.07) is 4.27. The Morgan fingerprint density at radius 2 is 2.31 bits per heavy atom. The van der Waals surface area contributed by atoms with Gasteiger partial charge in [0.1, 0.15) is 5.82 Å². The van der Waals surface area contributed by atoms with Crippen molar-refractivity contribution < 1.29 is 4.39 Å². The number of halogens is 1. The number of aromatic nitrogens is 2. The molecule has 2 aromatic rings. The average molecular weight is 238 g/mol. The molecule has 2 rings (SSSR count). The molecule has 0 aliphatic carbocycles. The predicted octanol–water partition coefficient (Wildman–Crippen LogP) is 1.54. The van der Waals surface area contributed by atoms with Crippen molar-refractivity contribution in [3.63, 3.8) is 0 Å². The van der Waals surface area contributed by atoms with Crippen LogP contribution in [0.3, 0.4) is 0 Å². The Morgan fingerprint density at radius 1 is 1.50 bits per heavy atom. The number of benzene rings is 1. The smallest absolute Gasteiger partial charge is 0.123 e. The van der Waals surface area contributed by atoms with Gasteiger partial charge in [0.25, 0.3) is 0 Å². The lowest BCUT2D eigenvalue weighted by atomic mass is 10.00. The van der Waals surface area contributed by atoms with Crippen LogP contribution in [0.4, 0.5) is 4.39 Å². The van der Waals surface area contributed by atoms with Crippen molar-refractivity contribution in [3.05, 3.63) is 46.2 Å². The van der Waals surface area contributed by atoms with Gasteiger partial charge >= 0.3 is 0 Å². The molecular weight excluding hydrogens is 227 g/mol. The van der Waals surface area contributed by atoms with E-state index in [4.69, 9.17) is 5.84 Å². The van der Waals surface area contributed by atoms with E-state index >= 15 is 0 Å². The second-order valence-corrected chi connectivity index (χ2v) is 4.04. The Bertz CT molecular complexity index is 472. The first-order valence-electron chi connectivity index (χ1n) is 4.71. The van der Waals surface area contributed by atoms with Crippen molar-refractivity contribution in [3.8, 4) is 0 Å². The Hall–Kier alpha value is -1.37. The quantitative estimate of drug-likeness (QED) is 0.629. The van der Waals surface area contributed by atoms with Crippen LogP contribution < -0.4 is 11.3 Å². The summed E-state index contributed by atoms with van der Waals surface area (Å²) in [7, 11) is 0. The molecule has 1 aromatic heterocycles. The van der Waals surface area contributed by atoms with E-state index in [2.05, 4.69) is 15.0 Å². The van der Waals surface area contributed by atoms with Crippen molar-refractivity contribution in [2.75, 3.05) is 0 Å². The van der Waals surface area contributed by atoms with Gasteiger partial charge in [-0.05, 0) is 41.7 Å². The highest BCUT2D eigenvalue weighted by Crippen LogP contribution is 2.24. The van der Waals surface area contributed by atoms with Gasteiger partial charge in [0.05, 0.1) is 11.7 Å². The van der Waals surface area contributed by atoms with Crippen LogP contribution in [-0.4, -0.2) is 9.59 Å². The maximum absolute atomic E-state index is 13.2. The van der Waals surface area contributed by atoms with Crippen LogP contribution in [-0.2, 0) is 0 Å². The van der Waals surface area contributed by atoms with Crippen molar-refractivity contribution in [2.24, 2.45) is 5.84 Å². The molecule has 0 radical (unpaired) electrons. The molecule has 3 N–H and O–H groups in total. The standard InChI is InChI=1S/C10H11FN4S/c1-6-2-3-7(11)4-8(6)10(13-12)9-5-16-15-14-9/h2-5,10,13H,12H2,1H3. The summed E-state index contributed by atoms with van der Waals surface area (Å²) in [5, 5.41) is 5.72. The highest BCUT2D eigenvalue weighted by Gasteiger charge is 2.17. The number of nitrogens with two attached hydrogens (primary N) is 1. The Labute approximate surface area is 96.4 Å². The van der Waals surface area contributed by atoms with Crippen LogP contribution >= 0.6 is 11.5 Å². The third-order valence-electron chi connectivity index (χ3n) is 2.39. The van der Waals surface area contributed by atoms with E-state index in [0.29, 0.717) is 5.69 Å². The molecule has 16 heavy (non-hydrogen) atoms. The molecule has 1 atom stereocenters. The summed E-state index contributed by atoms with van der Waals surface area (Å²) in [4.78, 5) is 0. The summed E-state index contributed by atoms with van der Waals surface area (Å²) in [5.74, 6) is 5.19. The molecule has 0 saturated carbocycles. The number of hydrogen-bond donors (Lipinski definition) is 2. The van der Waals surface area contributed by atoms with Gasteiger partial charge in [0.15, 0.2) is 0 Å². The zero-order valence-corrected chi connectivity index (χ0v) is 9.46. The highest BCUT2D eigenvalue weighted by molar-refractivity contribution is 7.03. The number of hydrazine groups is 1. The van der Waals surface area contributed by atoms with E-state index in [1.165, 1.54) is 23.7 Å². The van der Waals surface area contributed by atoms with Crippen LogP contribution in [0.2, 0.25) is 0 Å². The lowest BCUT2D eigenvalue weighted by Crippen LogP contribution is -2.29. The van der Waals surface area contributed by atoms with E-state index in [9.17, 15) is 4.39 Å². The minimum atomic E-state index is -0.325. The van der Waals surface area contributed by atoms with Gasteiger partial charge in [-0.25, -0.2) is 9.82 Å². The van der Waals surface area contributed by atoms with E-state index < -0.39 is 0 Å². The molecule has 4 nitrogen and oxygen atoms in total. The predicted molar refractivity (Wildman–Crippen MR) is 60.2 cm³/mol. The number of rotatable bonds is 3. The summed E-state index contributed by atoms with van der Waals surface area (Å²) in [6.45, 7) is 1.90. The molecule has 0 saturated heterocycles. The van der Waals surface area contributed by atoms with Gasteiger partial charge < -0.3 is 0 Å². The Kier molecular flexibility index (Phi) is 3.23. The van der Waals surface area contributed by atoms with Gasteiger partial charge in [-0.15, -0.1) is 5.10 Å². The minimum Gasteiger partial charge on any atom is -0.271 e. The molecule has 0 bridgehead atoms. The summed E-state index contributed by atoms with van der Waals surface area (Å²) < 4.78 is 17.0. The largest absolute Gasteiger partial charge is 0.271 e. The number of aryl methyl sites for hydroxylation is 1. The Balaban J connectivity index is 2.44. The summed E-state index contributed by atoms with van der Waals surface area (Å²) >= 11 is 1.24. The van der Waals surface area contributed by atoms with Crippen LogP contribution in [0.1, 0.15) is 22.9 Å². The molecule has 1 unspecified atom stereocenters. The number of hydrogen-bond acceptors (Lipinski definition) is 5. The maximum Gasteiger partial charge on any atom is 0.123 e. The zero-order chi connectivity index (χ0) is 11.5. The van der Waals surface area contributed by atoms with Crippen molar-refractivity contribution in [1.29, 1.82) is 0 Å². The van der Waals surface area contributed by atoms with E-state index in [0.717, 1.165) is 11.1 Å². The molecule has 6 heteroatoms. The van der Waals surface area contributed by atoms with Crippen LogP contribution in [0, 0.1) is 12.7 Å². The number of nitrogens with zero attached hydrogens (tertiary/aromatic N) is 2. The zero-order valence-electron chi connectivity index (χ0n) is 8.64. The van der Waals surface area contributed by atoms with E-state index in [-0.39, 0.29) is 11.9 Å². The maximum atomic E-state index is 13.2. The fourth-order valence-corrected chi connectivity index (χ4v) is 2.03. The monoisotopic (exact) mass is 238 g/mol. The fourth-order valence-electron chi connectivity index (χ4n) is 1.55. The molecule has 0 spiro atoms. The lowest BCUT2D eigenvalue weighted by Gasteiger charge is -2.15. The van der Waals surface area contributed by atoms with Crippen molar-refractivity contribution in [1.82, 2.24) is 15.0 Å². The van der Waals surface area contributed by atoms with E-state index in [1.54, 1.807) is 11.4 Å². The molecule has 84 valence electrons. The van der Waals surface area contributed by atoms with E-state index in [1.807, 2.05) is 6.92 Å². The average Bonchev–Trinajstić information content (AvgIpc) is 2.78. The third kappa shape index (κ3) is 2.08. The van der Waals surface area contributed by atoms with Crippen LogP contribution in [0.25, 0.3) is 0 Å². The van der Waals surface area contributed by atoms with Crippen molar-refractivity contribution >= 4 is 11.5 Å². The van der Waals surface area contributed by atoms with Crippen LogP contribution in [0.15, 0.2) is 23.6 Å². The molecule has 0 fully saturated rings. The second-order valence-electron chi connectivity index (χ2n) is 3.43. The summed E-state index contributed by atoms with van der Waals surface area (Å²) in [5.41, 5.74) is 5.05.